The standard InChI is InChI=1S/C24H23N3O5S/c1-17-7-3-4-9-20(17)16-27(33(2,31)32)21-13-11-18(12-14-21)23(28)26-25-15-19-8-5-6-10-22(19)24(29)30/h3-15H,16H2,1-2H3,(H,26,28)(H,29,30). The van der Waals surface area contributed by atoms with Crippen LogP contribution < -0.4 is 9.73 Å². The molecule has 0 heterocycles. The zero-order chi connectivity index (χ0) is 24.0. The summed E-state index contributed by atoms with van der Waals surface area (Å²) in [6, 6.07) is 19.9. The largest absolute Gasteiger partial charge is 0.478 e. The maximum atomic E-state index is 12.4. The highest BCUT2D eigenvalue weighted by Crippen LogP contribution is 2.22. The summed E-state index contributed by atoms with van der Waals surface area (Å²) >= 11 is 0. The number of hydrogen-bond acceptors (Lipinski definition) is 5. The van der Waals surface area contributed by atoms with Gasteiger partial charge in [0.1, 0.15) is 0 Å². The molecule has 0 radical (unpaired) electrons. The van der Waals surface area contributed by atoms with Gasteiger partial charge in [-0.1, -0.05) is 42.5 Å². The minimum absolute atomic E-state index is 0.0642. The van der Waals surface area contributed by atoms with E-state index in [9.17, 15) is 23.1 Å². The number of benzene rings is 3. The van der Waals surface area contributed by atoms with E-state index >= 15 is 0 Å². The Bertz CT molecular complexity index is 1300. The Morgan fingerprint density at radius 1 is 1.00 bits per heavy atom. The molecule has 0 aromatic heterocycles. The fourth-order valence-electron chi connectivity index (χ4n) is 3.15. The van der Waals surface area contributed by atoms with Gasteiger partial charge in [0.15, 0.2) is 0 Å². The van der Waals surface area contributed by atoms with Gasteiger partial charge in [-0.2, -0.15) is 5.10 Å². The van der Waals surface area contributed by atoms with Crippen LogP contribution in [0.2, 0.25) is 0 Å². The molecule has 3 aromatic rings. The lowest BCUT2D eigenvalue weighted by molar-refractivity contribution is 0.0696. The van der Waals surface area contributed by atoms with E-state index in [0.29, 0.717) is 11.3 Å². The van der Waals surface area contributed by atoms with E-state index in [1.54, 1.807) is 30.3 Å². The van der Waals surface area contributed by atoms with Gasteiger partial charge in [-0.05, 0) is 48.4 Å². The fourth-order valence-corrected chi connectivity index (χ4v) is 4.03. The van der Waals surface area contributed by atoms with E-state index in [1.165, 1.54) is 28.7 Å². The molecule has 3 aromatic carbocycles. The molecule has 0 spiro atoms. The second kappa shape index (κ2) is 10.1. The number of carboxylic acids is 1. The molecular formula is C24H23N3O5S. The lowest BCUT2D eigenvalue weighted by Crippen LogP contribution is -2.29. The van der Waals surface area contributed by atoms with Crippen LogP contribution in [0.25, 0.3) is 0 Å². The monoisotopic (exact) mass is 465 g/mol. The van der Waals surface area contributed by atoms with Gasteiger partial charge in [-0.3, -0.25) is 9.10 Å². The van der Waals surface area contributed by atoms with Crippen molar-refractivity contribution in [2.24, 2.45) is 5.10 Å². The van der Waals surface area contributed by atoms with E-state index in [0.717, 1.165) is 17.4 Å². The van der Waals surface area contributed by atoms with Crippen molar-refractivity contribution < 1.29 is 23.1 Å². The minimum atomic E-state index is -3.56. The molecule has 8 nitrogen and oxygen atoms in total. The summed E-state index contributed by atoms with van der Waals surface area (Å²) in [6.07, 6.45) is 2.39. The number of carboxylic acid groups (broad SMARTS) is 1. The predicted octanol–water partition coefficient (Wildman–Crippen LogP) is 3.42. The topological polar surface area (TPSA) is 116 Å². The maximum Gasteiger partial charge on any atom is 0.336 e. The van der Waals surface area contributed by atoms with Crippen molar-refractivity contribution in [3.63, 3.8) is 0 Å². The molecule has 0 saturated carbocycles. The van der Waals surface area contributed by atoms with Gasteiger partial charge < -0.3 is 5.11 Å². The molecule has 0 unspecified atom stereocenters. The molecule has 0 aliphatic carbocycles. The second-order valence-electron chi connectivity index (χ2n) is 7.33. The zero-order valence-electron chi connectivity index (χ0n) is 18.1. The van der Waals surface area contributed by atoms with Crippen LogP contribution in [0.3, 0.4) is 0 Å². The lowest BCUT2D eigenvalue weighted by atomic mass is 10.1. The van der Waals surface area contributed by atoms with E-state index in [2.05, 4.69) is 10.5 Å². The Hall–Kier alpha value is -3.98. The third-order valence-corrected chi connectivity index (χ3v) is 6.09. The van der Waals surface area contributed by atoms with Crippen molar-refractivity contribution in [2.75, 3.05) is 10.6 Å². The van der Waals surface area contributed by atoms with Crippen LogP contribution in [-0.4, -0.2) is 37.9 Å². The van der Waals surface area contributed by atoms with E-state index in [1.807, 2.05) is 31.2 Å². The minimum Gasteiger partial charge on any atom is -0.478 e. The summed E-state index contributed by atoms with van der Waals surface area (Å²) < 4.78 is 26.1. The molecule has 0 aliphatic rings. The molecule has 2 N–H and O–H groups in total. The first-order chi connectivity index (χ1) is 15.7. The summed E-state index contributed by atoms with van der Waals surface area (Å²) in [5.41, 5.74) is 5.31. The van der Waals surface area contributed by atoms with Crippen molar-refractivity contribution >= 4 is 33.8 Å². The number of hydrogen-bond donors (Lipinski definition) is 2. The van der Waals surface area contributed by atoms with Gasteiger partial charge in [0.05, 0.1) is 30.3 Å². The summed E-state index contributed by atoms with van der Waals surface area (Å²) in [4.78, 5) is 23.6. The van der Waals surface area contributed by atoms with Crippen LogP contribution in [0, 0.1) is 6.92 Å². The second-order valence-corrected chi connectivity index (χ2v) is 9.24. The molecule has 33 heavy (non-hydrogen) atoms. The summed E-state index contributed by atoms with van der Waals surface area (Å²) in [5, 5.41) is 13.0. The molecule has 3 rings (SSSR count). The van der Waals surface area contributed by atoms with E-state index < -0.39 is 21.9 Å². The number of aryl methyl sites for hydroxylation is 1. The Labute approximate surface area is 192 Å². The Morgan fingerprint density at radius 3 is 2.27 bits per heavy atom. The Balaban J connectivity index is 1.75. The average molecular weight is 466 g/mol. The van der Waals surface area contributed by atoms with E-state index in [-0.39, 0.29) is 17.7 Å². The van der Waals surface area contributed by atoms with Crippen molar-refractivity contribution in [3.8, 4) is 0 Å². The van der Waals surface area contributed by atoms with Gasteiger partial charge >= 0.3 is 5.97 Å². The van der Waals surface area contributed by atoms with Crippen molar-refractivity contribution in [1.29, 1.82) is 0 Å². The molecule has 9 heteroatoms. The number of carbonyl (C=O) groups is 2. The Kier molecular flexibility index (Phi) is 7.24. The molecule has 0 aliphatic heterocycles. The van der Waals surface area contributed by atoms with Crippen LogP contribution in [0.5, 0.6) is 0 Å². The van der Waals surface area contributed by atoms with Crippen molar-refractivity contribution in [1.82, 2.24) is 5.43 Å². The fraction of sp³-hybridized carbons (Fsp3) is 0.125. The van der Waals surface area contributed by atoms with Crippen LogP contribution in [-0.2, 0) is 16.6 Å². The number of sulfonamides is 1. The van der Waals surface area contributed by atoms with Gasteiger partial charge in [-0.15, -0.1) is 0 Å². The first-order valence-electron chi connectivity index (χ1n) is 9.95. The molecule has 0 bridgehead atoms. The SMILES string of the molecule is Cc1ccccc1CN(c1ccc(C(=O)NN=Cc2ccccc2C(=O)O)cc1)S(C)(=O)=O. The number of anilines is 1. The van der Waals surface area contributed by atoms with E-state index in [4.69, 9.17) is 0 Å². The smallest absolute Gasteiger partial charge is 0.336 e. The molecular weight excluding hydrogens is 442 g/mol. The first kappa shape index (κ1) is 23.7. The van der Waals surface area contributed by atoms with Gasteiger partial charge in [0.2, 0.25) is 10.0 Å². The summed E-state index contributed by atoms with van der Waals surface area (Å²) in [7, 11) is -3.56. The number of nitrogens with zero attached hydrogens (tertiary/aromatic N) is 2. The van der Waals surface area contributed by atoms with Gasteiger partial charge in [-0.25, -0.2) is 18.6 Å². The maximum absolute atomic E-state index is 12.4. The van der Waals surface area contributed by atoms with Crippen LogP contribution >= 0.6 is 0 Å². The molecule has 170 valence electrons. The molecule has 0 fully saturated rings. The van der Waals surface area contributed by atoms with Crippen molar-refractivity contribution in [2.45, 2.75) is 13.5 Å². The Morgan fingerprint density at radius 2 is 1.64 bits per heavy atom. The lowest BCUT2D eigenvalue weighted by Gasteiger charge is -2.23. The highest BCUT2D eigenvalue weighted by Gasteiger charge is 2.19. The highest BCUT2D eigenvalue weighted by atomic mass is 32.2. The van der Waals surface area contributed by atoms with Crippen LogP contribution in [0.4, 0.5) is 5.69 Å². The predicted molar refractivity (Wildman–Crippen MR) is 127 cm³/mol. The highest BCUT2D eigenvalue weighted by molar-refractivity contribution is 7.92. The average Bonchev–Trinajstić information content (AvgIpc) is 2.78. The molecule has 0 atom stereocenters. The third-order valence-electron chi connectivity index (χ3n) is 4.95. The first-order valence-corrected chi connectivity index (χ1v) is 11.8. The van der Waals surface area contributed by atoms with Crippen molar-refractivity contribution in [3.05, 3.63) is 101 Å². The normalized spacial score (nSPS) is 11.3. The van der Waals surface area contributed by atoms with Crippen LogP contribution in [0.1, 0.15) is 37.4 Å². The molecule has 1 amide bonds. The van der Waals surface area contributed by atoms with Crippen LogP contribution in [0.15, 0.2) is 77.9 Å². The summed E-state index contributed by atoms with van der Waals surface area (Å²) in [5.74, 6) is -1.62. The quantitative estimate of drug-likeness (QED) is 0.391. The number of rotatable bonds is 8. The third kappa shape index (κ3) is 6.05. The number of aromatic carboxylic acids is 1. The number of amides is 1. The molecule has 0 saturated heterocycles. The summed E-state index contributed by atoms with van der Waals surface area (Å²) in [6.45, 7) is 2.09. The number of nitrogens with one attached hydrogen (secondary N) is 1. The number of hydrazone groups is 1. The zero-order valence-corrected chi connectivity index (χ0v) is 18.9. The van der Waals surface area contributed by atoms with Gasteiger partial charge in [0, 0.05) is 11.1 Å². The number of carbonyl (C=O) groups excluding carboxylic acids is 1. The van der Waals surface area contributed by atoms with Gasteiger partial charge in [0.25, 0.3) is 5.91 Å².